The Labute approximate surface area is 123 Å². The van der Waals surface area contributed by atoms with Gasteiger partial charge in [-0.05, 0) is 55.1 Å². The predicted molar refractivity (Wildman–Crippen MR) is 88.1 cm³/mol. The minimum atomic E-state index is 0.449. The zero-order valence-electron chi connectivity index (χ0n) is 13.0. The number of aryl methyl sites for hydroxylation is 2. The number of hydrogen-bond acceptors (Lipinski definition) is 1. The van der Waals surface area contributed by atoms with Crippen molar-refractivity contribution in [1.29, 1.82) is 0 Å². The Hall–Kier alpha value is -1.60. The van der Waals surface area contributed by atoms with Gasteiger partial charge in [0.2, 0.25) is 0 Å². The third kappa shape index (κ3) is 3.29. The number of benzene rings is 2. The first kappa shape index (κ1) is 14.8. The highest BCUT2D eigenvalue weighted by atomic mass is 14.9. The second-order valence-corrected chi connectivity index (χ2v) is 5.46. The molecule has 1 nitrogen and oxygen atoms in total. The summed E-state index contributed by atoms with van der Waals surface area (Å²) in [6.07, 6.45) is 1.12. The van der Waals surface area contributed by atoms with Gasteiger partial charge in [-0.2, -0.15) is 0 Å². The Morgan fingerprint density at radius 3 is 2.50 bits per heavy atom. The molecule has 0 aliphatic rings. The maximum absolute atomic E-state index is 3.55. The summed E-state index contributed by atoms with van der Waals surface area (Å²) < 4.78 is 0. The van der Waals surface area contributed by atoms with Crippen LogP contribution in [0.15, 0.2) is 42.5 Å². The molecule has 0 radical (unpaired) electrons. The summed E-state index contributed by atoms with van der Waals surface area (Å²) in [5, 5.41) is 3.55. The van der Waals surface area contributed by atoms with Crippen molar-refractivity contribution in [3.63, 3.8) is 0 Å². The van der Waals surface area contributed by atoms with Crippen LogP contribution >= 0.6 is 0 Å². The molecule has 1 N–H and O–H groups in total. The summed E-state index contributed by atoms with van der Waals surface area (Å²) in [6, 6.07) is 16.1. The second-order valence-electron chi connectivity index (χ2n) is 5.46. The van der Waals surface area contributed by atoms with Gasteiger partial charge in [-0.15, -0.1) is 0 Å². The lowest BCUT2D eigenvalue weighted by molar-refractivity contribution is 0.537. The van der Waals surface area contributed by atoms with Gasteiger partial charge in [-0.3, -0.25) is 0 Å². The van der Waals surface area contributed by atoms with Crippen LogP contribution in [0.2, 0.25) is 0 Å². The van der Waals surface area contributed by atoms with E-state index in [1.54, 1.807) is 0 Å². The molecule has 2 rings (SSSR count). The van der Waals surface area contributed by atoms with Crippen molar-refractivity contribution >= 4 is 0 Å². The lowest BCUT2D eigenvalue weighted by atomic mass is 9.95. The molecule has 0 heterocycles. The molecule has 2 aromatic rings. The number of nitrogens with one attached hydrogen (secondary N) is 1. The van der Waals surface area contributed by atoms with E-state index in [2.05, 4.69) is 75.5 Å². The monoisotopic (exact) mass is 267 g/mol. The third-order valence-electron chi connectivity index (χ3n) is 3.85. The minimum Gasteiger partial charge on any atom is -0.310 e. The van der Waals surface area contributed by atoms with Crippen LogP contribution in [-0.2, 0) is 0 Å². The van der Waals surface area contributed by atoms with E-state index in [1.165, 1.54) is 27.8 Å². The molecule has 1 heteroatoms. The zero-order valence-corrected chi connectivity index (χ0v) is 13.0. The van der Waals surface area contributed by atoms with Gasteiger partial charge in [0.15, 0.2) is 0 Å². The molecular formula is C19H25N. The smallest absolute Gasteiger partial charge is 0.0317 e. The van der Waals surface area contributed by atoms with E-state index in [9.17, 15) is 0 Å². The van der Waals surface area contributed by atoms with E-state index in [0.29, 0.717) is 6.04 Å². The SMILES string of the molecule is CCNC(CC)c1cccc(-c2cc(C)ccc2C)c1. The molecular weight excluding hydrogens is 242 g/mol. The predicted octanol–water partition coefficient (Wildman–Crippen LogP) is 5.03. The highest BCUT2D eigenvalue weighted by molar-refractivity contribution is 5.68. The summed E-state index contributed by atoms with van der Waals surface area (Å²) >= 11 is 0. The number of rotatable bonds is 5. The van der Waals surface area contributed by atoms with Crippen LogP contribution in [0.1, 0.15) is 43.0 Å². The van der Waals surface area contributed by atoms with Gasteiger partial charge in [-0.1, -0.05) is 55.8 Å². The summed E-state index contributed by atoms with van der Waals surface area (Å²) in [5.41, 5.74) is 6.70. The minimum absolute atomic E-state index is 0.449. The molecule has 0 bridgehead atoms. The molecule has 0 aromatic heterocycles. The Morgan fingerprint density at radius 2 is 1.80 bits per heavy atom. The van der Waals surface area contributed by atoms with Crippen molar-refractivity contribution in [2.75, 3.05) is 6.54 Å². The maximum atomic E-state index is 3.55. The summed E-state index contributed by atoms with van der Waals surface area (Å²) in [7, 11) is 0. The fraction of sp³-hybridized carbons (Fsp3) is 0.368. The van der Waals surface area contributed by atoms with E-state index in [4.69, 9.17) is 0 Å². The fourth-order valence-electron chi connectivity index (χ4n) is 2.71. The molecule has 0 saturated heterocycles. The van der Waals surface area contributed by atoms with Gasteiger partial charge in [-0.25, -0.2) is 0 Å². The molecule has 0 aliphatic carbocycles. The standard InChI is InChI=1S/C19H25N/c1-5-19(20-6-2)17-9-7-8-16(13-17)18-12-14(3)10-11-15(18)4/h7-13,19-20H,5-6H2,1-4H3. The highest BCUT2D eigenvalue weighted by Crippen LogP contribution is 2.27. The first-order chi connectivity index (χ1) is 9.65. The first-order valence-corrected chi connectivity index (χ1v) is 7.56. The molecule has 0 aliphatic heterocycles. The first-order valence-electron chi connectivity index (χ1n) is 7.56. The second kappa shape index (κ2) is 6.71. The maximum Gasteiger partial charge on any atom is 0.0317 e. The van der Waals surface area contributed by atoms with Crippen molar-refractivity contribution in [1.82, 2.24) is 5.32 Å². The lowest BCUT2D eigenvalue weighted by Gasteiger charge is -2.17. The Bertz CT molecular complexity index is 572. The van der Waals surface area contributed by atoms with Crippen molar-refractivity contribution in [2.45, 2.75) is 40.2 Å². The molecule has 0 spiro atoms. The fourth-order valence-corrected chi connectivity index (χ4v) is 2.71. The molecule has 0 amide bonds. The van der Waals surface area contributed by atoms with E-state index in [-0.39, 0.29) is 0 Å². The average Bonchev–Trinajstić information content (AvgIpc) is 2.47. The summed E-state index contributed by atoms with van der Waals surface area (Å²) in [5.74, 6) is 0. The lowest BCUT2D eigenvalue weighted by Crippen LogP contribution is -2.19. The van der Waals surface area contributed by atoms with E-state index >= 15 is 0 Å². The largest absolute Gasteiger partial charge is 0.310 e. The molecule has 0 saturated carbocycles. The Balaban J connectivity index is 2.41. The van der Waals surface area contributed by atoms with Crippen LogP contribution in [0, 0.1) is 13.8 Å². The summed E-state index contributed by atoms with van der Waals surface area (Å²) in [4.78, 5) is 0. The van der Waals surface area contributed by atoms with Gasteiger partial charge in [0.05, 0.1) is 0 Å². The topological polar surface area (TPSA) is 12.0 Å². The van der Waals surface area contributed by atoms with Crippen LogP contribution in [-0.4, -0.2) is 6.54 Å². The molecule has 1 atom stereocenters. The van der Waals surface area contributed by atoms with Crippen LogP contribution in [0.5, 0.6) is 0 Å². The molecule has 106 valence electrons. The van der Waals surface area contributed by atoms with E-state index in [1.807, 2.05) is 0 Å². The van der Waals surface area contributed by atoms with Gasteiger partial charge in [0.1, 0.15) is 0 Å². The van der Waals surface area contributed by atoms with Crippen LogP contribution in [0.25, 0.3) is 11.1 Å². The van der Waals surface area contributed by atoms with Crippen molar-refractivity contribution in [3.05, 3.63) is 59.2 Å². The molecule has 20 heavy (non-hydrogen) atoms. The van der Waals surface area contributed by atoms with E-state index < -0.39 is 0 Å². The van der Waals surface area contributed by atoms with Gasteiger partial charge in [0.25, 0.3) is 0 Å². The van der Waals surface area contributed by atoms with Crippen LogP contribution in [0.4, 0.5) is 0 Å². The van der Waals surface area contributed by atoms with Crippen LogP contribution in [0.3, 0.4) is 0 Å². The van der Waals surface area contributed by atoms with Gasteiger partial charge >= 0.3 is 0 Å². The number of hydrogen-bond donors (Lipinski definition) is 1. The molecule has 1 unspecified atom stereocenters. The third-order valence-corrected chi connectivity index (χ3v) is 3.85. The van der Waals surface area contributed by atoms with Crippen LogP contribution < -0.4 is 5.32 Å². The normalized spacial score (nSPS) is 12.4. The summed E-state index contributed by atoms with van der Waals surface area (Å²) in [6.45, 7) is 9.74. The van der Waals surface area contributed by atoms with Gasteiger partial charge < -0.3 is 5.32 Å². The zero-order chi connectivity index (χ0) is 14.5. The quantitative estimate of drug-likeness (QED) is 0.801. The van der Waals surface area contributed by atoms with E-state index in [0.717, 1.165) is 13.0 Å². The highest BCUT2D eigenvalue weighted by Gasteiger charge is 2.09. The van der Waals surface area contributed by atoms with Crippen molar-refractivity contribution < 1.29 is 0 Å². The Morgan fingerprint density at radius 1 is 1.00 bits per heavy atom. The Kier molecular flexibility index (Phi) is 4.97. The molecule has 2 aromatic carbocycles. The van der Waals surface area contributed by atoms with Crippen molar-refractivity contribution in [3.8, 4) is 11.1 Å². The average molecular weight is 267 g/mol. The van der Waals surface area contributed by atoms with Gasteiger partial charge in [0, 0.05) is 6.04 Å². The van der Waals surface area contributed by atoms with Crippen molar-refractivity contribution in [2.24, 2.45) is 0 Å². The molecule has 0 fully saturated rings.